The van der Waals surface area contributed by atoms with E-state index in [1.54, 1.807) is 0 Å². The van der Waals surface area contributed by atoms with E-state index in [2.05, 4.69) is 46.2 Å². The number of hydrogen-bond acceptors (Lipinski definition) is 5. The summed E-state index contributed by atoms with van der Waals surface area (Å²) in [6.45, 7) is 7.63. The summed E-state index contributed by atoms with van der Waals surface area (Å²) in [5.74, 6) is 1.79. The highest BCUT2D eigenvalue weighted by Crippen LogP contribution is 2.28. The van der Waals surface area contributed by atoms with Crippen molar-refractivity contribution < 1.29 is 9.90 Å². The predicted octanol–water partition coefficient (Wildman–Crippen LogP) is 3.95. The fraction of sp³-hybridized carbons (Fsp3) is 0.450. The number of piperidine rings is 1. The molecule has 0 spiro atoms. The number of rotatable bonds is 5. The Morgan fingerprint density at radius 2 is 1.92 bits per heavy atom. The minimum Gasteiger partial charge on any atom is -0.481 e. The molecule has 1 aromatic heterocycles. The van der Waals surface area contributed by atoms with Gasteiger partial charge in [0.15, 0.2) is 0 Å². The van der Waals surface area contributed by atoms with Crippen LogP contribution in [0.1, 0.15) is 44.0 Å². The number of nitrogens with zero attached hydrogens (tertiary/aromatic N) is 3. The molecule has 6 heteroatoms. The number of para-hydroxylation sites is 1. The highest BCUT2D eigenvalue weighted by atomic mass is 16.4. The molecule has 0 atom stereocenters. The second-order valence-electron chi connectivity index (χ2n) is 7.13. The molecule has 26 heavy (non-hydrogen) atoms. The Morgan fingerprint density at radius 1 is 1.23 bits per heavy atom. The van der Waals surface area contributed by atoms with Crippen LogP contribution < -0.4 is 10.2 Å². The van der Waals surface area contributed by atoms with E-state index in [9.17, 15) is 4.79 Å². The Hall–Kier alpha value is -2.63. The number of carbonyl (C=O) groups is 1. The molecule has 1 aliphatic rings. The van der Waals surface area contributed by atoms with Gasteiger partial charge in [-0.1, -0.05) is 32.0 Å². The Bertz CT molecular complexity index is 783. The molecular weight excluding hydrogens is 328 g/mol. The summed E-state index contributed by atoms with van der Waals surface area (Å²) < 4.78 is 0. The summed E-state index contributed by atoms with van der Waals surface area (Å²) in [6, 6.07) is 10.2. The normalized spacial score (nSPS) is 15.3. The summed E-state index contributed by atoms with van der Waals surface area (Å²) in [5.41, 5.74) is 2.30. The molecule has 2 N–H and O–H groups in total. The van der Waals surface area contributed by atoms with Crippen molar-refractivity contribution in [2.75, 3.05) is 23.3 Å². The van der Waals surface area contributed by atoms with Gasteiger partial charge in [0, 0.05) is 24.8 Å². The monoisotopic (exact) mass is 354 g/mol. The van der Waals surface area contributed by atoms with Crippen LogP contribution in [-0.2, 0) is 4.79 Å². The van der Waals surface area contributed by atoms with E-state index in [4.69, 9.17) is 5.11 Å². The van der Waals surface area contributed by atoms with Gasteiger partial charge in [0.25, 0.3) is 0 Å². The van der Waals surface area contributed by atoms with Gasteiger partial charge in [0.1, 0.15) is 17.5 Å². The van der Waals surface area contributed by atoms with Crippen LogP contribution in [0.4, 0.5) is 17.3 Å². The molecule has 1 aliphatic heterocycles. The number of aliphatic carboxylic acids is 1. The lowest BCUT2D eigenvalue weighted by atomic mass is 9.97. The van der Waals surface area contributed by atoms with Crippen molar-refractivity contribution >= 4 is 23.3 Å². The number of anilines is 3. The van der Waals surface area contributed by atoms with Crippen LogP contribution in [0.3, 0.4) is 0 Å². The number of carboxylic acid groups (broad SMARTS) is 1. The lowest BCUT2D eigenvalue weighted by Crippen LogP contribution is -2.36. The van der Waals surface area contributed by atoms with Crippen LogP contribution in [0, 0.1) is 12.8 Å². The smallest absolute Gasteiger partial charge is 0.306 e. The topological polar surface area (TPSA) is 78.4 Å². The SMILES string of the molecule is Cc1nc(Nc2ccccc2C(C)C)cc(N2CCC(C(=O)O)CC2)n1. The molecular formula is C20H26N4O2. The van der Waals surface area contributed by atoms with E-state index in [-0.39, 0.29) is 5.92 Å². The van der Waals surface area contributed by atoms with E-state index >= 15 is 0 Å². The maximum atomic E-state index is 11.1. The van der Waals surface area contributed by atoms with Crippen molar-refractivity contribution in [1.82, 2.24) is 9.97 Å². The molecule has 2 aromatic rings. The average Bonchev–Trinajstić information content (AvgIpc) is 2.61. The minimum atomic E-state index is -0.698. The van der Waals surface area contributed by atoms with Crippen LogP contribution in [0.25, 0.3) is 0 Å². The van der Waals surface area contributed by atoms with Crippen LogP contribution >= 0.6 is 0 Å². The zero-order valence-corrected chi connectivity index (χ0v) is 15.6. The van der Waals surface area contributed by atoms with Gasteiger partial charge in [-0.3, -0.25) is 4.79 Å². The Kier molecular flexibility index (Phi) is 5.40. The highest BCUT2D eigenvalue weighted by molar-refractivity contribution is 5.70. The third kappa shape index (κ3) is 4.12. The third-order valence-electron chi connectivity index (χ3n) is 4.84. The Morgan fingerprint density at radius 3 is 2.58 bits per heavy atom. The number of carboxylic acids is 1. The van der Waals surface area contributed by atoms with Crippen molar-refractivity contribution in [3.63, 3.8) is 0 Å². The van der Waals surface area contributed by atoms with Gasteiger partial charge in [0.05, 0.1) is 5.92 Å². The molecule has 0 bridgehead atoms. The van der Waals surface area contributed by atoms with Gasteiger partial charge >= 0.3 is 5.97 Å². The quantitative estimate of drug-likeness (QED) is 0.846. The van der Waals surface area contributed by atoms with Gasteiger partial charge < -0.3 is 15.3 Å². The Balaban J connectivity index is 1.80. The number of nitrogens with one attached hydrogen (secondary N) is 1. The molecule has 0 saturated carbocycles. The van der Waals surface area contributed by atoms with Crippen LogP contribution in [-0.4, -0.2) is 34.1 Å². The number of aryl methyl sites for hydroxylation is 1. The molecule has 0 radical (unpaired) electrons. The lowest BCUT2D eigenvalue weighted by Gasteiger charge is -2.31. The zero-order valence-electron chi connectivity index (χ0n) is 15.6. The van der Waals surface area contributed by atoms with Crippen LogP contribution in [0.2, 0.25) is 0 Å². The van der Waals surface area contributed by atoms with Gasteiger partial charge in [0.2, 0.25) is 0 Å². The van der Waals surface area contributed by atoms with Crippen molar-refractivity contribution in [2.24, 2.45) is 5.92 Å². The maximum Gasteiger partial charge on any atom is 0.306 e. The molecule has 6 nitrogen and oxygen atoms in total. The van der Waals surface area contributed by atoms with Crippen LogP contribution in [0.5, 0.6) is 0 Å². The summed E-state index contributed by atoms with van der Waals surface area (Å²) in [4.78, 5) is 22.4. The summed E-state index contributed by atoms with van der Waals surface area (Å²) in [5, 5.41) is 12.6. The standard InChI is InChI=1S/C20H26N4O2/c1-13(2)16-6-4-5-7-17(16)23-18-12-19(22-14(3)21-18)24-10-8-15(9-11-24)20(25)26/h4-7,12-13,15H,8-11H2,1-3H3,(H,25,26)(H,21,22,23). The Labute approximate surface area is 154 Å². The molecule has 1 aromatic carbocycles. The molecule has 0 unspecified atom stereocenters. The van der Waals surface area contributed by atoms with Crippen molar-refractivity contribution in [3.05, 3.63) is 41.7 Å². The maximum absolute atomic E-state index is 11.1. The average molecular weight is 354 g/mol. The van der Waals surface area contributed by atoms with Gasteiger partial charge in [-0.15, -0.1) is 0 Å². The summed E-state index contributed by atoms with van der Waals surface area (Å²) in [6.07, 6.45) is 1.30. The van der Waals surface area contributed by atoms with E-state index < -0.39 is 5.97 Å². The van der Waals surface area contributed by atoms with E-state index in [0.29, 0.717) is 37.7 Å². The molecule has 138 valence electrons. The van der Waals surface area contributed by atoms with Crippen molar-refractivity contribution in [1.29, 1.82) is 0 Å². The molecule has 0 amide bonds. The molecule has 1 saturated heterocycles. The first-order valence-electron chi connectivity index (χ1n) is 9.13. The minimum absolute atomic E-state index is 0.246. The van der Waals surface area contributed by atoms with Gasteiger partial charge in [-0.2, -0.15) is 0 Å². The number of benzene rings is 1. The van der Waals surface area contributed by atoms with E-state index in [1.807, 2.05) is 25.1 Å². The molecule has 1 fully saturated rings. The highest BCUT2D eigenvalue weighted by Gasteiger charge is 2.25. The molecule has 2 heterocycles. The largest absolute Gasteiger partial charge is 0.481 e. The molecule has 3 rings (SSSR count). The van der Waals surface area contributed by atoms with E-state index in [0.717, 1.165) is 17.3 Å². The van der Waals surface area contributed by atoms with Gasteiger partial charge in [-0.05, 0) is 37.3 Å². The second kappa shape index (κ2) is 7.72. The fourth-order valence-corrected chi connectivity index (χ4v) is 3.39. The molecule has 0 aliphatic carbocycles. The second-order valence-corrected chi connectivity index (χ2v) is 7.13. The first kappa shape index (κ1) is 18.2. The van der Waals surface area contributed by atoms with Crippen molar-refractivity contribution in [2.45, 2.75) is 39.5 Å². The predicted molar refractivity (Wildman–Crippen MR) is 103 cm³/mol. The number of hydrogen-bond donors (Lipinski definition) is 2. The summed E-state index contributed by atoms with van der Waals surface area (Å²) >= 11 is 0. The zero-order chi connectivity index (χ0) is 18.7. The number of aromatic nitrogens is 2. The van der Waals surface area contributed by atoms with E-state index in [1.165, 1.54) is 5.56 Å². The van der Waals surface area contributed by atoms with Crippen LogP contribution in [0.15, 0.2) is 30.3 Å². The fourth-order valence-electron chi connectivity index (χ4n) is 3.39. The lowest BCUT2D eigenvalue weighted by molar-refractivity contribution is -0.142. The third-order valence-corrected chi connectivity index (χ3v) is 4.84. The van der Waals surface area contributed by atoms with Gasteiger partial charge in [-0.25, -0.2) is 9.97 Å². The first-order valence-corrected chi connectivity index (χ1v) is 9.13. The first-order chi connectivity index (χ1) is 12.4. The summed E-state index contributed by atoms with van der Waals surface area (Å²) in [7, 11) is 0. The van der Waals surface area contributed by atoms with Crippen molar-refractivity contribution in [3.8, 4) is 0 Å².